The number of hydrogen-bond acceptors (Lipinski definition) is 2. The van der Waals surface area contributed by atoms with E-state index >= 15 is 0 Å². The van der Waals surface area contributed by atoms with Crippen LogP contribution in [-0.4, -0.2) is 9.78 Å². The summed E-state index contributed by atoms with van der Waals surface area (Å²) in [4.78, 5) is 0. The lowest BCUT2D eigenvalue weighted by Gasteiger charge is -2.16. The van der Waals surface area contributed by atoms with Crippen LogP contribution in [0.15, 0.2) is 30.5 Å². The van der Waals surface area contributed by atoms with Crippen molar-refractivity contribution in [1.29, 1.82) is 0 Å². The van der Waals surface area contributed by atoms with E-state index in [-0.39, 0.29) is 6.04 Å². The van der Waals surface area contributed by atoms with Crippen molar-refractivity contribution in [3.63, 3.8) is 0 Å². The molecular weight excluding hydrogens is 210 g/mol. The maximum atomic E-state index is 4.33. The minimum absolute atomic E-state index is 0.268. The van der Waals surface area contributed by atoms with Crippen LogP contribution < -0.4 is 5.32 Å². The van der Waals surface area contributed by atoms with Gasteiger partial charge in [0.2, 0.25) is 0 Å². The molecule has 2 aromatic rings. The molecule has 0 aliphatic carbocycles. The molecule has 0 radical (unpaired) electrons. The molecule has 0 aliphatic rings. The Hall–Kier alpha value is -1.77. The van der Waals surface area contributed by atoms with Gasteiger partial charge in [-0.2, -0.15) is 5.10 Å². The molecule has 0 fully saturated rings. The van der Waals surface area contributed by atoms with Gasteiger partial charge in [-0.3, -0.25) is 4.68 Å². The highest BCUT2D eigenvalue weighted by Crippen LogP contribution is 2.22. The van der Waals surface area contributed by atoms with Gasteiger partial charge in [0.1, 0.15) is 5.82 Å². The molecule has 0 bridgehead atoms. The van der Waals surface area contributed by atoms with Gasteiger partial charge in [0.15, 0.2) is 0 Å². The zero-order chi connectivity index (χ0) is 12.4. The monoisotopic (exact) mass is 229 g/mol. The topological polar surface area (TPSA) is 29.9 Å². The SMILES string of the molecule is Cc1ccc(C)c(C(C)Nc2ccn(C)n2)c1. The highest BCUT2D eigenvalue weighted by molar-refractivity contribution is 5.40. The molecule has 1 heterocycles. The third-order valence-corrected chi connectivity index (χ3v) is 2.98. The summed E-state index contributed by atoms with van der Waals surface area (Å²) in [5.74, 6) is 0.918. The Morgan fingerprint density at radius 3 is 2.65 bits per heavy atom. The fourth-order valence-electron chi connectivity index (χ4n) is 2.02. The normalized spacial score (nSPS) is 12.5. The summed E-state index contributed by atoms with van der Waals surface area (Å²) in [6.07, 6.45) is 1.94. The zero-order valence-corrected chi connectivity index (χ0v) is 10.9. The van der Waals surface area contributed by atoms with Crippen molar-refractivity contribution in [2.75, 3.05) is 5.32 Å². The molecule has 0 aliphatic heterocycles. The summed E-state index contributed by atoms with van der Waals surface area (Å²) in [7, 11) is 1.92. The predicted molar refractivity (Wildman–Crippen MR) is 71.2 cm³/mol. The Morgan fingerprint density at radius 1 is 1.24 bits per heavy atom. The van der Waals surface area contributed by atoms with Gasteiger partial charge in [-0.05, 0) is 31.9 Å². The molecule has 1 unspecified atom stereocenters. The quantitative estimate of drug-likeness (QED) is 0.875. The van der Waals surface area contributed by atoms with E-state index in [4.69, 9.17) is 0 Å². The van der Waals surface area contributed by atoms with E-state index in [2.05, 4.69) is 49.4 Å². The van der Waals surface area contributed by atoms with Gasteiger partial charge in [-0.25, -0.2) is 0 Å². The van der Waals surface area contributed by atoms with E-state index in [1.807, 2.05) is 19.3 Å². The van der Waals surface area contributed by atoms with Gasteiger partial charge in [0.25, 0.3) is 0 Å². The van der Waals surface area contributed by atoms with Crippen LogP contribution in [0.3, 0.4) is 0 Å². The smallest absolute Gasteiger partial charge is 0.148 e. The maximum absolute atomic E-state index is 4.33. The molecule has 0 saturated carbocycles. The number of rotatable bonds is 3. The minimum Gasteiger partial charge on any atom is -0.362 e. The summed E-state index contributed by atoms with van der Waals surface area (Å²) in [5.41, 5.74) is 3.93. The van der Waals surface area contributed by atoms with Gasteiger partial charge in [0.05, 0.1) is 6.04 Å². The van der Waals surface area contributed by atoms with Crippen molar-refractivity contribution in [3.8, 4) is 0 Å². The Bertz CT molecular complexity index is 514. The molecule has 1 N–H and O–H groups in total. The largest absolute Gasteiger partial charge is 0.362 e. The van der Waals surface area contributed by atoms with E-state index in [0.29, 0.717) is 0 Å². The molecule has 1 atom stereocenters. The lowest BCUT2D eigenvalue weighted by Crippen LogP contribution is -2.09. The van der Waals surface area contributed by atoms with Crippen LogP contribution in [0.2, 0.25) is 0 Å². The lowest BCUT2D eigenvalue weighted by atomic mass is 10.00. The number of benzene rings is 1. The third kappa shape index (κ3) is 2.67. The lowest BCUT2D eigenvalue weighted by molar-refractivity contribution is 0.759. The summed E-state index contributed by atoms with van der Waals surface area (Å²) in [6, 6.07) is 8.80. The van der Waals surface area contributed by atoms with Gasteiger partial charge >= 0.3 is 0 Å². The van der Waals surface area contributed by atoms with E-state index < -0.39 is 0 Å². The van der Waals surface area contributed by atoms with Crippen LogP contribution in [0.25, 0.3) is 0 Å². The molecule has 3 nitrogen and oxygen atoms in total. The molecule has 0 amide bonds. The Balaban J connectivity index is 2.19. The highest BCUT2D eigenvalue weighted by atomic mass is 15.3. The number of hydrogen-bond donors (Lipinski definition) is 1. The first-order chi connectivity index (χ1) is 8.06. The fraction of sp³-hybridized carbons (Fsp3) is 0.357. The second-order valence-electron chi connectivity index (χ2n) is 4.60. The minimum atomic E-state index is 0.268. The number of nitrogens with zero attached hydrogens (tertiary/aromatic N) is 2. The van der Waals surface area contributed by atoms with Gasteiger partial charge in [0, 0.05) is 19.3 Å². The Morgan fingerprint density at radius 2 is 2.00 bits per heavy atom. The van der Waals surface area contributed by atoms with Crippen molar-refractivity contribution in [1.82, 2.24) is 9.78 Å². The number of aromatic nitrogens is 2. The molecule has 17 heavy (non-hydrogen) atoms. The van der Waals surface area contributed by atoms with Crippen LogP contribution in [0.4, 0.5) is 5.82 Å². The molecule has 0 saturated heterocycles. The van der Waals surface area contributed by atoms with Gasteiger partial charge in [-0.15, -0.1) is 0 Å². The van der Waals surface area contributed by atoms with Crippen molar-refractivity contribution in [2.45, 2.75) is 26.8 Å². The molecule has 1 aromatic carbocycles. The summed E-state index contributed by atoms with van der Waals surface area (Å²) in [6.45, 7) is 6.43. The molecule has 1 aromatic heterocycles. The molecule has 2 rings (SSSR count). The molecule has 3 heteroatoms. The van der Waals surface area contributed by atoms with Crippen LogP contribution in [0.5, 0.6) is 0 Å². The van der Waals surface area contributed by atoms with Crippen molar-refractivity contribution >= 4 is 5.82 Å². The van der Waals surface area contributed by atoms with E-state index in [1.54, 1.807) is 4.68 Å². The first kappa shape index (κ1) is 11.7. The Kier molecular flexibility index (Phi) is 3.18. The Labute approximate surface area is 102 Å². The van der Waals surface area contributed by atoms with E-state index in [0.717, 1.165) is 5.82 Å². The van der Waals surface area contributed by atoms with E-state index in [9.17, 15) is 0 Å². The predicted octanol–water partition coefficient (Wildman–Crippen LogP) is 3.21. The number of aryl methyl sites for hydroxylation is 3. The van der Waals surface area contributed by atoms with Crippen molar-refractivity contribution in [2.24, 2.45) is 7.05 Å². The second kappa shape index (κ2) is 4.62. The molecule has 90 valence electrons. The standard InChI is InChI=1S/C14H19N3/c1-10-5-6-11(2)13(9-10)12(3)15-14-7-8-17(4)16-14/h5-9,12H,1-4H3,(H,15,16). The summed E-state index contributed by atoms with van der Waals surface area (Å²) >= 11 is 0. The first-order valence-corrected chi connectivity index (χ1v) is 5.89. The van der Waals surface area contributed by atoms with Gasteiger partial charge < -0.3 is 5.32 Å². The fourth-order valence-corrected chi connectivity index (χ4v) is 2.02. The average molecular weight is 229 g/mol. The van der Waals surface area contributed by atoms with E-state index in [1.165, 1.54) is 16.7 Å². The van der Waals surface area contributed by atoms with Crippen LogP contribution in [-0.2, 0) is 7.05 Å². The third-order valence-electron chi connectivity index (χ3n) is 2.98. The zero-order valence-electron chi connectivity index (χ0n) is 10.9. The van der Waals surface area contributed by atoms with Gasteiger partial charge in [-0.1, -0.05) is 23.8 Å². The maximum Gasteiger partial charge on any atom is 0.148 e. The number of nitrogens with one attached hydrogen (secondary N) is 1. The van der Waals surface area contributed by atoms with Crippen LogP contribution in [0.1, 0.15) is 29.7 Å². The number of anilines is 1. The molecule has 0 spiro atoms. The second-order valence-corrected chi connectivity index (χ2v) is 4.60. The summed E-state index contributed by atoms with van der Waals surface area (Å²) < 4.78 is 1.80. The molecular formula is C14H19N3. The van der Waals surface area contributed by atoms with Crippen LogP contribution >= 0.6 is 0 Å². The van der Waals surface area contributed by atoms with Crippen molar-refractivity contribution in [3.05, 3.63) is 47.2 Å². The average Bonchev–Trinajstić information content (AvgIpc) is 2.67. The highest BCUT2D eigenvalue weighted by Gasteiger charge is 2.09. The van der Waals surface area contributed by atoms with Crippen molar-refractivity contribution < 1.29 is 0 Å². The van der Waals surface area contributed by atoms with Crippen LogP contribution in [0, 0.1) is 13.8 Å². The summed E-state index contributed by atoms with van der Waals surface area (Å²) in [5, 5.41) is 7.75. The first-order valence-electron chi connectivity index (χ1n) is 5.89.